The van der Waals surface area contributed by atoms with Gasteiger partial charge in [-0.3, -0.25) is 9.59 Å². The van der Waals surface area contributed by atoms with E-state index in [0.29, 0.717) is 13.0 Å². The second kappa shape index (κ2) is 6.11. The summed E-state index contributed by atoms with van der Waals surface area (Å²) in [5.74, 6) is -1.45. The van der Waals surface area contributed by atoms with Gasteiger partial charge in [0.05, 0.1) is 12.5 Å². The summed E-state index contributed by atoms with van der Waals surface area (Å²) in [6.07, 6.45) is 0.428. The fraction of sp³-hybridized carbons (Fsp3) is 0.769. The first kappa shape index (κ1) is 16.3. The van der Waals surface area contributed by atoms with E-state index in [2.05, 4.69) is 4.74 Å². The minimum absolute atomic E-state index is 0.0660. The van der Waals surface area contributed by atoms with Gasteiger partial charge >= 0.3 is 18.0 Å². The van der Waals surface area contributed by atoms with Crippen LogP contribution in [0.1, 0.15) is 20.3 Å². The van der Waals surface area contributed by atoms with Crippen molar-refractivity contribution in [2.75, 3.05) is 33.8 Å². The molecule has 1 rings (SSSR count). The molecule has 0 aliphatic carbocycles. The Labute approximate surface area is 118 Å². The Hall–Kier alpha value is -1.79. The van der Waals surface area contributed by atoms with E-state index in [1.54, 1.807) is 0 Å². The summed E-state index contributed by atoms with van der Waals surface area (Å²) in [5.41, 5.74) is -0.901. The number of aliphatic carboxylic acids is 1. The SMILES string of the molecule is COC(=O)CN(C)C(=O)N1CCC(C(=O)O)(C(C)C)C1. The highest BCUT2D eigenvalue weighted by molar-refractivity contribution is 5.83. The first-order valence-electron chi connectivity index (χ1n) is 6.55. The molecule has 0 radical (unpaired) electrons. The van der Waals surface area contributed by atoms with Crippen molar-refractivity contribution in [2.45, 2.75) is 20.3 Å². The fourth-order valence-electron chi connectivity index (χ4n) is 2.46. The van der Waals surface area contributed by atoms with Crippen LogP contribution in [0.3, 0.4) is 0 Å². The molecule has 0 aromatic carbocycles. The first-order valence-corrected chi connectivity index (χ1v) is 6.55. The van der Waals surface area contributed by atoms with Crippen molar-refractivity contribution in [3.05, 3.63) is 0 Å². The van der Waals surface area contributed by atoms with E-state index < -0.39 is 17.4 Å². The van der Waals surface area contributed by atoms with Gasteiger partial charge in [0.25, 0.3) is 0 Å². The first-order chi connectivity index (χ1) is 9.24. The predicted octanol–water partition coefficient (Wildman–Crippen LogP) is 0.644. The van der Waals surface area contributed by atoms with Crippen LogP contribution in [-0.4, -0.2) is 66.7 Å². The Balaban J connectivity index is 2.74. The van der Waals surface area contributed by atoms with Gasteiger partial charge in [-0.25, -0.2) is 4.79 Å². The highest BCUT2D eigenvalue weighted by atomic mass is 16.5. The van der Waals surface area contributed by atoms with E-state index in [1.165, 1.54) is 24.0 Å². The lowest BCUT2D eigenvalue weighted by Crippen LogP contribution is -2.45. The summed E-state index contributed by atoms with van der Waals surface area (Å²) < 4.78 is 4.51. The average molecular weight is 286 g/mol. The third kappa shape index (κ3) is 3.02. The van der Waals surface area contributed by atoms with Gasteiger partial charge < -0.3 is 19.6 Å². The molecule has 114 valence electrons. The quantitative estimate of drug-likeness (QED) is 0.766. The van der Waals surface area contributed by atoms with Gasteiger partial charge in [0, 0.05) is 20.1 Å². The number of nitrogens with zero attached hydrogens (tertiary/aromatic N) is 2. The van der Waals surface area contributed by atoms with Crippen LogP contribution in [0.5, 0.6) is 0 Å². The number of likely N-dealkylation sites (tertiary alicyclic amines) is 1. The number of carbonyl (C=O) groups excluding carboxylic acids is 2. The highest BCUT2D eigenvalue weighted by Gasteiger charge is 2.48. The Kier molecular flexibility index (Phi) is 4.97. The van der Waals surface area contributed by atoms with Crippen LogP contribution >= 0.6 is 0 Å². The summed E-state index contributed by atoms with van der Waals surface area (Å²) in [5, 5.41) is 9.43. The zero-order valence-corrected chi connectivity index (χ0v) is 12.4. The third-order valence-electron chi connectivity index (χ3n) is 4.02. The number of rotatable bonds is 4. The molecule has 7 heteroatoms. The van der Waals surface area contributed by atoms with Crippen molar-refractivity contribution in [1.82, 2.24) is 9.80 Å². The summed E-state index contributed by atoms with van der Waals surface area (Å²) in [6.45, 7) is 4.10. The molecule has 0 aromatic rings. The molecule has 0 spiro atoms. The summed E-state index contributed by atoms with van der Waals surface area (Å²) in [6, 6.07) is -0.348. The molecule has 1 aliphatic rings. The van der Waals surface area contributed by atoms with Crippen molar-refractivity contribution in [2.24, 2.45) is 11.3 Å². The van der Waals surface area contributed by atoms with Crippen LogP contribution in [0.15, 0.2) is 0 Å². The van der Waals surface area contributed by atoms with Crippen molar-refractivity contribution in [3.63, 3.8) is 0 Å². The van der Waals surface area contributed by atoms with Crippen LogP contribution in [0.25, 0.3) is 0 Å². The zero-order valence-electron chi connectivity index (χ0n) is 12.4. The fourth-order valence-corrected chi connectivity index (χ4v) is 2.46. The molecule has 1 unspecified atom stereocenters. The lowest BCUT2D eigenvalue weighted by molar-refractivity contribution is -0.151. The maximum atomic E-state index is 12.2. The molecule has 7 nitrogen and oxygen atoms in total. The summed E-state index contributed by atoms with van der Waals surface area (Å²) in [4.78, 5) is 37.6. The molecule has 1 fully saturated rings. The van der Waals surface area contributed by atoms with Gasteiger partial charge in [-0.2, -0.15) is 0 Å². The van der Waals surface area contributed by atoms with Gasteiger partial charge in [-0.1, -0.05) is 13.8 Å². The largest absolute Gasteiger partial charge is 0.481 e. The molecule has 0 saturated carbocycles. The molecule has 1 saturated heterocycles. The van der Waals surface area contributed by atoms with Crippen LogP contribution in [0.4, 0.5) is 4.79 Å². The van der Waals surface area contributed by atoms with Crippen molar-refractivity contribution >= 4 is 18.0 Å². The number of carbonyl (C=O) groups is 3. The molecular formula is C13H22N2O5. The normalized spacial score (nSPS) is 21.9. The Morgan fingerprint density at radius 2 is 2.00 bits per heavy atom. The summed E-state index contributed by atoms with van der Waals surface area (Å²) in [7, 11) is 2.75. The lowest BCUT2D eigenvalue weighted by Gasteiger charge is -2.29. The number of hydrogen-bond donors (Lipinski definition) is 1. The van der Waals surface area contributed by atoms with Gasteiger partial charge in [-0.15, -0.1) is 0 Å². The molecule has 1 heterocycles. The minimum atomic E-state index is -0.901. The molecule has 1 N–H and O–H groups in total. The number of carboxylic acids is 1. The molecule has 1 aliphatic heterocycles. The monoisotopic (exact) mass is 286 g/mol. The topological polar surface area (TPSA) is 87.2 Å². The molecule has 1 atom stereocenters. The molecule has 20 heavy (non-hydrogen) atoms. The highest BCUT2D eigenvalue weighted by Crippen LogP contribution is 2.38. The maximum absolute atomic E-state index is 12.2. The van der Waals surface area contributed by atoms with Gasteiger partial charge in [0.15, 0.2) is 0 Å². The van der Waals surface area contributed by atoms with E-state index in [4.69, 9.17) is 0 Å². The number of methoxy groups -OCH3 is 1. The molecule has 0 bridgehead atoms. The van der Waals surface area contributed by atoms with Crippen molar-refractivity contribution in [1.29, 1.82) is 0 Å². The number of likely N-dealkylation sites (N-methyl/N-ethyl adjacent to an activating group) is 1. The minimum Gasteiger partial charge on any atom is -0.481 e. The maximum Gasteiger partial charge on any atom is 0.325 e. The van der Waals surface area contributed by atoms with Gasteiger partial charge in [-0.05, 0) is 12.3 Å². The molecule has 2 amide bonds. The van der Waals surface area contributed by atoms with E-state index in [9.17, 15) is 19.5 Å². The van der Waals surface area contributed by atoms with Gasteiger partial charge in [0.2, 0.25) is 0 Å². The van der Waals surface area contributed by atoms with E-state index >= 15 is 0 Å². The number of hydrogen-bond acceptors (Lipinski definition) is 4. The zero-order chi connectivity index (χ0) is 15.5. The third-order valence-corrected chi connectivity index (χ3v) is 4.02. The Bertz CT molecular complexity index is 410. The van der Waals surface area contributed by atoms with Crippen LogP contribution in [0.2, 0.25) is 0 Å². The number of urea groups is 1. The van der Waals surface area contributed by atoms with E-state index in [1.807, 2.05) is 13.8 Å². The number of carboxylic acid groups (broad SMARTS) is 1. The average Bonchev–Trinajstić information content (AvgIpc) is 2.83. The van der Waals surface area contributed by atoms with E-state index in [-0.39, 0.29) is 25.0 Å². The number of ether oxygens (including phenoxy) is 1. The van der Waals surface area contributed by atoms with Crippen molar-refractivity contribution < 1.29 is 24.2 Å². The molecular weight excluding hydrogens is 264 g/mol. The van der Waals surface area contributed by atoms with Crippen molar-refractivity contribution in [3.8, 4) is 0 Å². The molecule has 0 aromatic heterocycles. The standard InChI is InChI=1S/C13H22N2O5/c1-9(2)13(11(17)18)5-6-15(8-13)12(19)14(3)7-10(16)20-4/h9H,5-8H2,1-4H3,(H,17,18). The lowest BCUT2D eigenvalue weighted by atomic mass is 9.76. The van der Waals surface area contributed by atoms with Crippen LogP contribution in [-0.2, 0) is 14.3 Å². The predicted molar refractivity (Wildman–Crippen MR) is 71.1 cm³/mol. The van der Waals surface area contributed by atoms with Gasteiger partial charge in [0.1, 0.15) is 6.54 Å². The number of esters is 1. The second-order valence-electron chi connectivity index (χ2n) is 5.50. The van der Waals surface area contributed by atoms with Crippen LogP contribution in [0, 0.1) is 11.3 Å². The second-order valence-corrected chi connectivity index (χ2v) is 5.50. The smallest absolute Gasteiger partial charge is 0.325 e. The number of amides is 2. The van der Waals surface area contributed by atoms with E-state index in [0.717, 1.165) is 0 Å². The summed E-state index contributed by atoms with van der Waals surface area (Å²) >= 11 is 0. The Morgan fingerprint density at radius 3 is 2.40 bits per heavy atom. The Morgan fingerprint density at radius 1 is 1.40 bits per heavy atom. The van der Waals surface area contributed by atoms with Crippen LogP contribution < -0.4 is 0 Å².